The first-order valence-electron chi connectivity index (χ1n) is 11.6. The van der Waals surface area contributed by atoms with Crippen molar-refractivity contribution in [1.82, 2.24) is 14.5 Å². The number of anilines is 2. The summed E-state index contributed by atoms with van der Waals surface area (Å²) >= 11 is 1.17. The minimum Gasteiger partial charge on any atom is -0.335 e. The quantitative estimate of drug-likeness (QED) is 0.399. The van der Waals surface area contributed by atoms with Crippen LogP contribution in [0, 0.1) is 5.82 Å². The van der Waals surface area contributed by atoms with E-state index in [1.54, 1.807) is 65.2 Å². The van der Waals surface area contributed by atoms with Crippen LogP contribution in [0.4, 0.5) is 15.2 Å². The Morgan fingerprint density at radius 3 is 2.62 bits per heavy atom. The lowest BCUT2D eigenvalue weighted by molar-refractivity contribution is -0.143. The fourth-order valence-corrected chi connectivity index (χ4v) is 6.32. The van der Waals surface area contributed by atoms with E-state index in [1.165, 1.54) is 40.6 Å². The van der Waals surface area contributed by atoms with Crippen molar-refractivity contribution in [3.63, 3.8) is 0 Å². The highest BCUT2D eigenvalue weighted by molar-refractivity contribution is 7.93. The van der Waals surface area contributed by atoms with Gasteiger partial charge in [-0.3, -0.25) is 14.3 Å². The number of hydrogen-bond acceptors (Lipinski definition) is 6. The first-order valence-corrected chi connectivity index (χ1v) is 13.9. The maximum absolute atomic E-state index is 14.1. The number of carbonyl (C=O) groups excluding carboxylic acids is 2. The molecule has 1 fully saturated rings. The first kappa shape index (κ1) is 24.9. The van der Waals surface area contributed by atoms with E-state index in [-0.39, 0.29) is 34.2 Å². The smallest absolute Gasteiger partial charge is 0.263 e. The molecule has 2 amide bonds. The minimum atomic E-state index is -3.81. The van der Waals surface area contributed by atoms with Crippen LogP contribution >= 0.6 is 11.3 Å². The number of aromatic nitrogens is 2. The van der Waals surface area contributed by atoms with E-state index in [1.807, 2.05) is 0 Å². The molecule has 0 radical (unpaired) electrons. The van der Waals surface area contributed by atoms with Gasteiger partial charge in [-0.1, -0.05) is 6.07 Å². The number of halogens is 1. The molecule has 1 N–H and O–H groups in total. The van der Waals surface area contributed by atoms with Gasteiger partial charge in [0.1, 0.15) is 17.9 Å². The van der Waals surface area contributed by atoms with Crippen LogP contribution in [0.25, 0.3) is 10.9 Å². The summed E-state index contributed by atoms with van der Waals surface area (Å²) in [4.78, 5) is 33.7. The molecule has 1 saturated heterocycles. The van der Waals surface area contributed by atoms with Crippen LogP contribution in [-0.2, 0) is 19.6 Å². The largest absolute Gasteiger partial charge is 0.335 e. The SMILES string of the molecule is C[C@H](C(=O)N1CCN(c2ccc(S(=O)(=O)Nc3nccs3)cc2)C(=O)[C@@H]1C)n1ccc2c(F)cccc21. The normalized spacial score (nSPS) is 17.3. The lowest BCUT2D eigenvalue weighted by Gasteiger charge is -2.40. The van der Waals surface area contributed by atoms with Crippen LogP contribution in [-0.4, -0.2) is 53.8 Å². The standard InChI is InChI=1S/C25H24FN5O4S2/c1-16(29-12-10-20-21(26)4-3-5-22(20)29)23(32)30-13-14-31(24(33)17(30)2)18-6-8-19(9-7-18)37(34,35)28-25-27-11-15-36-25/h3-12,15-17H,13-14H2,1-2H3,(H,27,28)/t16-,17+/m1/s1. The van der Waals surface area contributed by atoms with E-state index in [0.29, 0.717) is 23.1 Å². The van der Waals surface area contributed by atoms with Crippen LogP contribution < -0.4 is 9.62 Å². The van der Waals surface area contributed by atoms with Crippen molar-refractivity contribution in [1.29, 1.82) is 0 Å². The van der Waals surface area contributed by atoms with Gasteiger partial charge < -0.3 is 14.4 Å². The van der Waals surface area contributed by atoms with E-state index in [2.05, 4.69) is 9.71 Å². The van der Waals surface area contributed by atoms with Crippen molar-refractivity contribution >= 4 is 54.9 Å². The fraction of sp³-hybridized carbons (Fsp3) is 0.240. The average molecular weight is 542 g/mol. The molecular formula is C25H24FN5O4S2. The second kappa shape index (κ2) is 9.60. The highest BCUT2D eigenvalue weighted by Gasteiger charge is 2.37. The Morgan fingerprint density at radius 2 is 1.92 bits per heavy atom. The van der Waals surface area contributed by atoms with E-state index in [4.69, 9.17) is 0 Å². The number of sulfonamides is 1. The lowest BCUT2D eigenvalue weighted by atomic mass is 10.1. The molecule has 0 saturated carbocycles. The Morgan fingerprint density at radius 1 is 1.16 bits per heavy atom. The molecule has 0 bridgehead atoms. The molecule has 1 aliphatic heterocycles. The Labute approximate surface area is 217 Å². The van der Waals surface area contributed by atoms with E-state index in [0.717, 1.165) is 0 Å². The monoisotopic (exact) mass is 541 g/mol. The van der Waals surface area contributed by atoms with Gasteiger partial charge in [0.15, 0.2) is 5.13 Å². The minimum absolute atomic E-state index is 0.0463. The highest BCUT2D eigenvalue weighted by Crippen LogP contribution is 2.27. The molecule has 2 aromatic carbocycles. The van der Waals surface area contributed by atoms with Crippen molar-refractivity contribution in [2.75, 3.05) is 22.7 Å². The fourth-order valence-electron chi connectivity index (χ4n) is 4.53. The third kappa shape index (κ3) is 4.58. The zero-order valence-electron chi connectivity index (χ0n) is 20.0. The van der Waals surface area contributed by atoms with E-state index in [9.17, 15) is 22.4 Å². The topological polar surface area (TPSA) is 105 Å². The van der Waals surface area contributed by atoms with Gasteiger partial charge in [0, 0.05) is 41.9 Å². The zero-order chi connectivity index (χ0) is 26.3. The molecule has 4 aromatic rings. The zero-order valence-corrected chi connectivity index (χ0v) is 21.7. The maximum Gasteiger partial charge on any atom is 0.263 e. The van der Waals surface area contributed by atoms with Gasteiger partial charge in [0.05, 0.1) is 10.4 Å². The Kier molecular flexibility index (Phi) is 6.46. The molecule has 1 aliphatic rings. The van der Waals surface area contributed by atoms with Crippen LogP contribution in [0.2, 0.25) is 0 Å². The van der Waals surface area contributed by atoms with Gasteiger partial charge in [0.25, 0.3) is 10.0 Å². The van der Waals surface area contributed by atoms with Crippen molar-refractivity contribution < 1.29 is 22.4 Å². The summed E-state index contributed by atoms with van der Waals surface area (Å²) in [6.45, 7) is 3.96. The number of nitrogens with one attached hydrogen (secondary N) is 1. The molecule has 2 aromatic heterocycles. The second-order valence-corrected chi connectivity index (χ2v) is 11.3. The number of benzene rings is 2. The molecule has 12 heteroatoms. The molecule has 5 rings (SSSR count). The van der Waals surface area contributed by atoms with Crippen LogP contribution in [0.5, 0.6) is 0 Å². The third-order valence-corrected chi connectivity index (χ3v) is 8.71. The highest BCUT2D eigenvalue weighted by atomic mass is 32.2. The number of hydrogen-bond donors (Lipinski definition) is 1. The third-order valence-electron chi connectivity index (χ3n) is 6.54. The molecular weight excluding hydrogens is 517 g/mol. The Bertz CT molecular complexity index is 1570. The first-order chi connectivity index (χ1) is 17.7. The van der Waals surface area contributed by atoms with Crippen LogP contribution in [0.3, 0.4) is 0 Å². The summed E-state index contributed by atoms with van der Waals surface area (Å²) in [5.41, 5.74) is 1.15. The number of carbonyl (C=O) groups is 2. The van der Waals surface area contributed by atoms with Crippen molar-refractivity contribution in [2.24, 2.45) is 0 Å². The van der Waals surface area contributed by atoms with Crippen molar-refractivity contribution in [2.45, 2.75) is 30.8 Å². The number of piperazine rings is 1. The molecule has 0 unspecified atom stereocenters. The number of amides is 2. The summed E-state index contributed by atoms with van der Waals surface area (Å²) in [6.07, 6.45) is 3.18. The maximum atomic E-state index is 14.1. The molecule has 2 atom stereocenters. The summed E-state index contributed by atoms with van der Waals surface area (Å²) < 4.78 is 43.4. The molecule has 0 aliphatic carbocycles. The van der Waals surface area contributed by atoms with Crippen LogP contribution in [0.15, 0.2) is 71.2 Å². The number of nitrogens with zero attached hydrogens (tertiary/aromatic N) is 4. The summed E-state index contributed by atoms with van der Waals surface area (Å²) in [7, 11) is -3.81. The van der Waals surface area contributed by atoms with Crippen molar-refractivity contribution in [3.05, 3.63) is 72.1 Å². The van der Waals surface area contributed by atoms with E-state index >= 15 is 0 Å². The molecule has 9 nitrogen and oxygen atoms in total. The predicted octanol–water partition coefficient (Wildman–Crippen LogP) is 3.86. The van der Waals surface area contributed by atoms with Crippen LogP contribution in [0.1, 0.15) is 19.9 Å². The van der Waals surface area contributed by atoms with E-state index < -0.39 is 22.1 Å². The van der Waals surface area contributed by atoms with Gasteiger partial charge in [-0.05, 0) is 56.3 Å². The average Bonchev–Trinajstić information content (AvgIpc) is 3.55. The number of thiazole rings is 1. The number of rotatable bonds is 6. The van der Waals surface area contributed by atoms with Gasteiger partial charge >= 0.3 is 0 Å². The van der Waals surface area contributed by atoms with Gasteiger partial charge in [-0.25, -0.2) is 17.8 Å². The predicted molar refractivity (Wildman–Crippen MR) is 139 cm³/mol. The Balaban J connectivity index is 1.30. The lowest BCUT2D eigenvalue weighted by Crippen LogP contribution is -2.58. The summed E-state index contributed by atoms with van der Waals surface area (Å²) in [6, 6.07) is 11.0. The molecule has 0 spiro atoms. The van der Waals surface area contributed by atoms with Gasteiger partial charge in [0.2, 0.25) is 11.8 Å². The van der Waals surface area contributed by atoms with Gasteiger partial charge in [-0.15, -0.1) is 11.3 Å². The Hall–Kier alpha value is -3.77. The number of fused-ring (bicyclic) bond motifs is 1. The van der Waals surface area contributed by atoms with Gasteiger partial charge in [-0.2, -0.15) is 0 Å². The summed E-state index contributed by atoms with van der Waals surface area (Å²) in [5.74, 6) is -0.866. The second-order valence-electron chi connectivity index (χ2n) is 8.71. The molecule has 3 heterocycles. The summed E-state index contributed by atoms with van der Waals surface area (Å²) in [5, 5.41) is 2.36. The molecule has 192 valence electrons. The molecule has 37 heavy (non-hydrogen) atoms. The van der Waals surface area contributed by atoms with Crippen molar-refractivity contribution in [3.8, 4) is 0 Å².